The van der Waals surface area contributed by atoms with Gasteiger partial charge in [0.15, 0.2) is 5.82 Å². The standard InChI is InChI=1S/C25H28FN5O4/c1-12-17(10-30-23-22(12)28-4-5-34-23)16-6-13-7-19(29-11-18(13)21(27)20(16)26)31-24(32)35-15-8-14(9-15)25(2,3)33/h6-7,10-11,14-15,28,33H,4-5,8-9,27H2,1-3H3,(H,29,31,32)/t14-,15-. The van der Waals surface area contributed by atoms with E-state index in [1.165, 1.54) is 6.20 Å². The molecule has 1 amide bonds. The van der Waals surface area contributed by atoms with Crippen LogP contribution in [0.4, 0.5) is 26.4 Å². The molecular formula is C25H28FN5O4. The molecule has 3 aromatic rings. The maximum absolute atomic E-state index is 15.3. The molecule has 0 unspecified atom stereocenters. The van der Waals surface area contributed by atoms with E-state index in [0.717, 1.165) is 11.3 Å². The Balaban J connectivity index is 1.40. The zero-order valence-electron chi connectivity index (χ0n) is 19.8. The number of nitrogen functional groups attached to an aromatic ring is 1. The van der Waals surface area contributed by atoms with Crippen LogP contribution in [0.25, 0.3) is 21.9 Å². The van der Waals surface area contributed by atoms with Crippen molar-refractivity contribution in [1.29, 1.82) is 0 Å². The lowest BCUT2D eigenvalue weighted by Crippen LogP contribution is -2.45. The molecule has 5 N–H and O–H groups in total. The number of aliphatic hydroxyl groups is 1. The molecule has 184 valence electrons. The van der Waals surface area contributed by atoms with Gasteiger partial charge in [-0.1, -0.05) is 0 Å². The number of nitrogens with one attached hydrogen (secondary N) is 2. The van der Waals surface area contributed by atoms with Gasteiger partial charge in [0, 0.05) is 35.5 Å². The number of hydrogen-bond donors (Lipinski definition) is 4. The molecule has 0 radical (unpaired) electrons. The first-order valence-electron chi connectivity index (χ1n) is 11.6. The molecule has 0 saturated heterocycles. The minimum atomic E-state index is -0.793. The van der Waals surface area contributed by atoms with Gasteiger partial charge in [-0.25, -0.2) is 19.2 Å². The number of anilines is 3. The van der Waals surface area contributed by atoms with Crippen LogP contribution in [0.1, 0.15) is 32.3 Å². The molecule has 1 fully saturated rings. The second-order valence-corrected chi connectivity index (χ2v) is 9.67. The Morgan fingerprint density at radius 1 is 1.29 bits per heavy atom. The van der Waals surface area contributed by atoms with E-state index in [0.29, 0.717) is 53.8 Å². The molecule has 1 aromatic carbocycles. The van der Waals surface area contributed by atoms with Crippen LogP contribution in [0.2, 0.25) is 0 Å². The Kier molecular flexibility index (Phi) is 5.63. The number of amides is 1. The predicted molar refractivity (Wildman–Crippen MR) is 131 cm³/mol. The third-order valence-electron chi connectivity index (χ3n) is 6.83. The summed E-state index contributed by atoms with van der Waals surface area (Å²) in [5, 5.41) is 16.9. The second kappa shape index (κ2) is 8.53. The van der Waals surface area contributed by atoms with Gasteiger partial charge in [0.1, 0.15) is 24.2 Å². The van der Waals surface area contributed by atoms with E-state index < -0.39 is 17.5 Å². The van der Waals surface area contributed by atoms with Crippen molar-refractivity contribution in [2.75, 3.05) is 29.5 Å². The first kappa shape index (κ1) is 23.1. The van der Waals surface area contributed by atoms with Crippen LogP contribution < -0.4 is 21.1 Å². The Morgan fingerprint density at radius 3 is 2.80 bits per heavy atom. The van der Waals surface area contributed by atoms with Crippen molar-refractivity contribution in [2.45, 2.75) is 45.3 Å². The third-order valence-corrected chi connectivity index (χ3v) is 6.83. The average molecular weight is 482 g/mol. The normalized spacial score (nSPS) is 19.2. The summed E-state index contributed by atoms with van der Waals surface area (Å²) in [6, 6.07) is 3.29. The number of pyridine rings is 2. The summed E-state index contributed by atoms with van der Waals surface area (Å²) in [7, 11) is 0. The Hall–Kier alpha value is -3.66. The number of nitrogens with zero attached hydrogens (tertiary/aromatic N) is 2. The van der Waals surface area contributed by atoms with Crippen molar-refractivity contribution < 1.29 is 23.8 Å². The number of carbonyl (C=O) groups is 1. The van der Waals surface area contributed by atoms with Crippen molar-refractivity contribution in [3.63, 3.8) is 0 Å². The molecular weight excluding hydrogens is 453 g/mol. The highest BCUT2D eigenvalue weighted by molar-refractivity contribution is 5.99. The van der Waals surface area contributed by atoms with Gasteiger partial charge >= 0.3 is 6.09 Å². The number of hydrogen-bond acceptors (Lipinski definition) is 8. The molecule has 9 nitrogen and oxygen atoms in total. The van der Waals surface area contributed by atoms with Crippen LogP contribution in [0.15, 0.2) is 24.5 Å². The molecule has 10 heteroatoms. The van der Waals surface area contributed by atoms with E-state index in [2.05, 4.69) is 20.6 Å². The second-order valence-electron chi connectivity index (χ2n) is 9.67. The number of fused-ring (bicyclic) bond motifs is 2. The highest BCUT2D eigenvalue weighted by Crippen LogP contribution is 2.40. The van der Waals surface area contributed by atoms with Gasteiger partial charge in [-0.3, -0.25) is 5.32 Å². The van der Waals surface area contributed by atoms with Gasteiger partial charge in [0.25, 0.3) is 0 Å². The number of nitrogens with two attached hydrogens (primary N) is 1. The zero-order chi connectivity index (χ0) is 24.9. The van der Waals surface area contributed by atoms with Gasteiger partial charge in [-0.2, -0.15) is 0 Å². The van der Waals surface area contributed by atoms with Gasteiger partial charge in [0.05, 0.1) is 11.3 Å². The van der Waals surface area contributed by atoms with E-state index in [4.69, 9.17) is 15.2 Å². The summed E-state index contributed by atoms with van der Waals surface area (Å²) in [4.78, 5) is 20.9. The highest BCUT2D eigenvalue weighted by atomic mass is 19.1. The van der Waals surface area contributed by atoms with Crippen LogP contribution in [0.3, 0.4) is 0 Å². The molecule has 0 bridgehead atoms. The lowest BCUT2D eigenvalue weighted by Gasteiger charge is -2.41. The van der Waals surface area contributed by atoms with E-state index in [9.17, 15) is 9.90 Å². The zero-order valence-corrected chi connectivity index (χ0v) is 19.8. The Bertz CT molecular complexity index is 1320. The van der Waals surface area contributed by atoms with Crippen molar-refractivity contribution in [3.05, 3.63) is 35.9 Å². The van der Waals surface area contributed by atoms with Gasteiger partial charge in [-0.05, 0) is 62.6 Å². The highest BCUT2D eigenvalue weighted by Gasteiger charge is 2.40. The summed E-state index contributed by atoms with van der Waals surface area (Å²) in [5.74, 6) is 0.278. The topological polar surface area (TPSA) is 132 Å². The van der Waals surface area contributed by atoms with E-state index in [1.54, 1.807) is 32.2 Å². The van der Waals surface area contributed by atoms with Crippen molar-refractivity contribution in [2.24, 2.45) is 5.92 Å². The summed E-state index contributed by atoms with van der Waals surface area (Å²) in [5.41, 5.74) is 7.71. The summed E-state index contributed by atoms with van der Waals surface area (Å²) in [6.45, 7) is 6.53. The molecule has 35 heavy (non-hydrogen) atoms. The van der Waals surface area contributed by atoms with Crippen LogP contribution in [-0.2, 0) is 4.74 Å². The molecule has 2 aromatic heterocycles. The summed E-state index contributed by atoms with van der Waals surface area (Å²) in [6.07, 6.45) is 3.33. The van der Waals surface area contributed by atoms with E-state index in [1.807, 2.05) is 6.92 Å². The lowest BCUT2D eigenvalue weighted by atomic mass is 9.72. The van der Waals surface area contributed by atoms with E-state index in [-0.39, 0.29) is 23.5 Å². The number of halogens is 1. The fraction of sp³-hybridized carbons (Fsp3) is 0.400. The monoisotopic (exact) mass is 481 g/mol. The average Bonchev–Trinajstić information content (AvgIpc) is 2.78. The first-order valence-corrected chi connectivity index (χ1v) is 11.6. The largest absolute Gasteiger partial charge is 0.474 e. The minimum absolute atomic E-state index is 0.0346. The molecule has 1 saturated carbocycles. The molecule has 5 rings (SSSR count). The molecule has 3 heterocycles. The molecule has 1 aliphatic heterocycles. The summed E-state index contributed by atoms with van der Waals surface area (Å²) >= 11 is 0. The number of benzene rings is 1. The fourth-order valence-electron chi connectivity index (χ4n) is 4.58. The Morgan fingerprint density at radius 2 is 2.06 bits per heavy atom. The van der Waals surface area contributed by atoms with Crippen LogP contribution >= 0.6 is 0 Å². The number of carbonyl (C=O) groups excluding carboxylic acids is 1. The molecule has 2 aliphatic rings. The molecule has 0 atom stereocenters. The number of rotatable bonds is 4. The smallest absolute Gasteiger partial charge is 0.413 e. The van der Waals surface area contributed by atoms with Crippen LogP contribution in [0, 0.1) is 18.7 Å². The molecule has 0 spiro atoms. The quantitative estimate of drug-likeness (QED) is 0.407. The minimum Gasteiger partial charge on any atom is -0.474 e. The van der Waals surface area contributed by atoms with Crippen molar-refractivity contribution in [1.82, 2.24) is 9.97 Å². The van der Waals surface area contributed by atoms with Crippen molar-refractivity contribution >= 4 is 34.1 Å². The maximum Gasteiger partial charge on any atom is 0.413 e. The number of aromatic nitrogens is 2. The first-order chi connectivity index (χ1) is 16.6. The van der Waals surface area contributed by atoms with Crippen molar-refractivity contribution in [3.8, 4) is 17.0 Å². The van der Waals surface area contributed by atoms with E-state index >= 15 is 4.39 Å². The Labute approximate surface area is 201 Å². The lowest BCUT2D eigenvalue weighted by molar-refractivity contribution is -0.0776. The SMILES string of the molecule is Cc1c(-c2cc3cc(NC(=O)O[C@H]4C[C@H](C(C)(C)O)C4)ncc3c(N)c2F)cnc2c1NCCO2. The van der Waals surface area contributed by atoms with Crippen LogP contribution in [0.5, 0.6) is 5.88 Å². The van der Waals surface area contributed by atoms with Crippen LogP contribution in [-0.4, -0.2) is 46.0 Å². The third kappa shape index (κ3) is 4.29. The predicted octanol–water partition coefficient (Wildman–Crippen LogP) is 4.23. The van der Waals surface area contributed by atoms with Gasteiger partial charge in [-0.15, -0.1) is 0 Å². The fourth-order valence-corrected chi connectivity index (χ4v) is 4.58. The molecule has 1 aliphatic carbocycles. The van der Waals surface area contributed by atoms with Gasteiger partial charge in [0.2, 0.25) is 5.88 Å². The summed E-state index contributed by atoms with van der Waals surface area (Å²) < 4.78 is 26.3. The number of ether oxygens (including phenoxy) is 2. The maximum atomic E-state index is 15.3. The van der Waals surface area contributed by atoms with Gasteiger partial charge < -0.3 is 25.6 Å².